The molecule has 1 aliphatic rings. The molecule has 0 atom stereocenters. The quantitative estimate of drug-likeness (QED) is 0.470. The fraction of sp³-hybridized carbons (Fsp3) is 0.304. The lowest BCUT2D eigenvalue weighted by Gasteiger charge is -2.28. The molecule has 5 nitrogen and oxygen atoms in total. The highest BCUT2D eigenvalue weighted by molar-refractivity contribution is 6.36. The largest absolute Gasteiger partial charge is 0.508 e. The Morgan fingerprint density at radius 1 is 1.16 bits per heavy atom. The summed E-state index contributed by atoms with van der Waals surface area (Å²) in [5.74, 6) is -2.57. The van der Waals surface area contributed by atoms with E-state index in [1.165, 1.54) is 12.1 Å². The molecular weight excluding hydrogens is 459 g/mol. The summed E-state index contributed by atoms with van der Waals surface area (Å²) < 4.78 is 28.7. The molecule has 1 aliphatic carbocycles. The second-order valence-corrected chi connectivity index (χ2v) is 8.79. The van der Waals surface area contributed by atoms with Crippen molar-refractivity contribution in [3.8, 4) is 22.8 Å². The Hall–Kier alpha value is -2.64. The topological polar surface area (TPSA) is 67.2 Å². The molecule has 1 saturated carbocycles. The van der Waals surface area contributed by atoms with Gasteiger partial charge in [-0.15, -0.1) is 0 Å². The van der Waals surface area contributed by atoms with E-state index in [4.69, 9.17) is 23.2 Å². The fourth-order valence-electron chi connectivity index (χ4n) is 3.92. The van der Waals surface area contributed by atoms with Gasteiger partial charge in [0.2, 0.25) is 5.92 Å². The average Bonchev–Trinajstić information content (AvgIpc) is 3.07. The number of phenolic OH excluding ortho intramolecular Hbond substituents is 1. The summed E-state index contributed by atoms with van der Waals surface area (Å²) in [5.41, 5.74) is 1.97. The van der Waals surface area contributed by atoms with Gasteiger partial charge in [0.05, 0.1) is 10.7 Å². The molecule has 168 valence electrons. The van der Waals surface area contributed by atoms with Crippen LogP contribution in [-0.4, -0.2) is 32.5 Å². The molecule has 1 fully saturated rings. The monoisotopic (exact) mass is 479 g/mol. The normalized spacial score (nSPS) is 16.2. The van der Waals surface area contributed by atoms with Crippen LogP contribution in [0.4, 0.5) is 8.78 Å². The Bertz CT molecular complexity index is 1150. The minimum atomic E-state index is -2.67. The lowest BCUT2D eigenvalue weighted by atomic mass is 9.92. The summed E-state index contributed by atoms with van der Waals surface area (Å²) in [7, 11) is 0. The first-order chi connectivity index (χ1) is 15.1. The van der Waals surface area contributed by atoms with Crippen molar-refractivity contribution in [3.63, 3.8) is 0 Å². The second kappa shape index (κ2) is 8.71. The molecule has 0 bridgehead atoms. The lowest BCUT2D eigenvalue weighted by Crippen LogP contribution is -2.40. The minimum absolute atomic E-state index is 0.102. The summed E-state index contributed by atoms with van der Waals surface area (Å²) in [5, 5.41) is 13.3. The number of halogens is 4. The van der Waals surface area contributed by atoms with Crippen LogP contribution in [-0.2, 0) is 0 Å². The van der Waals surface area contributed by atoms with E-state index in [-0.39, 0.29) is 43.2 Å². The second-order valence-electron chi connectivity index (χ2n) is 7.95. The molecule has 9 heteroatoms. The molecule has 1 amide bonds. The lowest BCUT2D eigenvalue weighted by molar-refractivity contribution is -0.0399. The number of alkyl halides is 2. The molecule has 3 aromatic rings. The third kappa shape index (κ3) is 4.59. The van der Waals surface area contributed by atoms with E-state index in [1.807, 2.05) is 0 Å². The summed E-state index contributed by atoms with van der Waals surface area (Å²) in [4.78, 5) is 17.6. The molecule has 32 heavy (non-hydrogen) atoms. The third-order valence-corrected chi connectivity index (χ3v) is 6.20. The fourth-order valence-corrected chi connectivity index (χ4v) is 4.42. The molecule has 0 spiro atoms. The highest BCUT2D eigenvalue weighted by Crippen LogP contribution is 2.35. The van der Waals surface area contributed by atoms with Crippen molar-refractivity contribution < 1.29 is 18.7 Å². The number of carbonyl (C=O) groups is 1. The zero-order valence-electron chi connectivity index (χ0n) is 17.2. The maximum atomic E-state index is 13.5. The van der Waals surface area contributed by atoms with E-state index in [2.05, 4.69) is 10.3 Å². The number of imidazole rings is 1. The van der Waals surface area contributed by atoms with Crippen molar-refractivity contribution in [2.24, 2.45) is 0 Å². The van der Waals surface area contributed by atoms with E-state index in [1.54, 1.807) is 41.8 Å². The first-order valence-electron chi connectivity index (χ1n) is 10.2. The van der Waals surface area contributed by atoms with E-state index in [9.17, 15) is 18.7 Å². The minimum Gasteiger partial charge on any atom is -0.508 e. The highest BCUT2D eigenvalue weighted by atomic mass is 35.5. The van der Waals surface area contributed by atoms with Crippen molar-refractivity contribution in [1.29, 1.82) is 0 Å². The van der Waals surface area contributed by atoms with Gasteiger partial charge >= 0.3 is 0 Å². The molecule has 2 aromatic carbocycles. The summed E-state index contributed by atoms with van der Waals surface area (Å²) in [6.07, 6.45) is -0.0618. The molecular formula is C23H21Cl2F2N3O2. The van der Waals surface area contributed by atoms with Crippen molar-refractivity contribution in [3.05, 3.63) is 63.9 Å². The molecule has 0 saturated heterocycles. The Labute approximate surface area is 194 Å². The van der Waals surface area contributed by atoms with Crippen molar-refractivity contribution in [2.75, 3.05) is 0 Å². The Morgan fingerprint density at radius 3 is 2.44 bits per heavy atom. The Kier molecular flexibility index (Phi) is 6.14. The van der Waals surface area contributed by atoms with Gasteiger partial charge in [-0.1, -0.05) is 23.2 Å². The van der Waals surface area contributed by atoms with Crippen molar-refractivity contribution >= 4 is 29.1 Å². The average molecular weight is 480 g/mol. The van der Waals surface area contributed by atoms with Crippen LogP contribution in [0, 0.1) is 6.92 Å². The number of rotatable bonds is 4. The number of amides is 1. The number of phenols is 1. The van der Waals surface area contributed by atoms with Gasteiger partial charge in [0.1, 0.15) is 17.3 Å². The number of aromatic nitrogens is 2. The van der Waals surface area contributed by atoms with Crippen molar-refractivity contribution in [1.82, 2.24) is 14.9 Å². The molecule has 1 aromatic heterocycles. The summed E-state index contributed by atoms with van der Waals surface area (Å²) in [6, 6.07) is 11.1. The van der Waals surface area contributed by atoms with Crippen LogP contribution >= 0.6 is 23.2 Å². The predicted molar refractivity (Wildman–Crippen MR) is 120 cm³/mol. The zero-order valence-corrected chi connectivity index (χ0v) is 18.7. The van der Waals surface area contributed by atoms with Crippen LogP contribution in [0.2, 0.25) is 10.0 Å². The molecule has 1 heterocycles. The van der Waals surface area contributed by atoms with E-state index >= 15 is 0 Å². The van der Waals surface area contributed by atoms with Gasteiger partial charge in [-0.25, -0.2) is 13.8 Å². The standard InChI is InChI=1S/C23H21Cl2F2N3O2/c1-13-20(22(32)28-15-8-10-23(26,27)11-9-15)29-21(18-7-2-14(24)12-19(18)25)30(13)16-3-5-17(31)6-4-16/h2-7,12,15,31H,8-11H2,1H3,(H,28,32). The van der Waals surface area contributed by atoms with Crippen LogP contribution in [0.3, 0.4) is 0 Å². The maximum Gasteiger partial charge on any atom is 0.272 e. The Morgan fingerprint density at radius 2 is 1.81 bits per heavy atom. The molecule has 0 radical (unpaired) electrons. The van der Waals surface area contributed by atoms with Crippen LogP contribution in [0.25, 0.3) is 17.1 Å². The van der Waals surface area contributed by atoms with E-state index in [0.29, 0.717) is 32.8 Å². The molecule has 2 N–H and O–H groups in total. The van der Waals surface area contributed by atoms with E-state index < -0.39 is 11.8 Å². The van der Waals surface area contributed by atoms with Gasteiger partial charge < -0.3 is 10.4 Å². The molecule has 4 rings (SSSR count). The SMILES string of the molecule is Cc1c(C(=O)NC2CCC(F)(F)CC2)nc(-c2ccc(Cl)cc2Cl)n1-c1ccc(O)cc1. The van der Waals surface area contributed by atoms with Crippen LogP contribution in [0.1, 0.15) is 41.9 Å². The van der Waals surface area contributed by atoms with Crippen LogP contribution < -0.4 is 5.32 Å². The smallest absolute Gasteiger partial charge is 0.272 e. The maximum absolute atomic E-state index is 13.5. The van der Waals surface area contributed by atoms with Crippen LogP contribution in [0.15, 0.2) is 42.5 Å². The van der Waals surface area contributed by atoms with Gasteiger partial charge in [-0.05, 0) is 62.2 Å². The number of hydrogen-bond acceptors (Lipinski definition) is 3. The summed E-state index contributed by atoms with van der Waals surface area (Å²) in [6.45, 7) is 1.75. The first kappa shape index (κ1) is 22.6. The number of nitrogens with zero attached hydrogens (tertiary/aromatic N) is 2. The number of aromatic hydroxyl groups is 1. The molecule has 0 aliphatic heterocycles. The zero-order chi connectivity index (χ0) is 23.0. The van der Waals surface area contributed by atoms with Crippen molar-refractivity contribution in [2.45, 2.75) is 44.6 Å². The third-order valence-electron chi connectivity index (χ3n) is 5.65. The number of hydrogen-bond donors (Lipinski definition) is 2. The van der Waals surface area contributed by atoms with Gasteiger partial charge in [0, 0.05) is 35.2 Å². The van der Waals surface area contributed by atoms with Gasteiger partial charge in [-0.2, -0.15) is 0 Å². The highest BCUT2D eigenvalue weighted by Gasteiger charge is 2.36. The van der Waals surface area contributed by atoms with Gasteiger partial charge in [0.25, 0.3) is 5.91 Å². The first-order valence-corrected chi connectivity index (χ1v) is 10.9. The number of nitrogens with one attached hydrogen (secondary N) is 1. The summed E-state index contributed by atoms with van der Waals surface area (Å²) >= 11 is 12.5. The van der Waals surface area contributed by atoms with Gasteiger partial charge in [-0.3, -0.25) is 9.36 Å². The number of benzene rings is 2. The Balaban J connectivity index is 1.74. The number of carbonyl (C=O) groups excluding carboxylic acids is 1. The van der Waals surface area contributed by atoms with Gasteiger partial charge in [0.15, 0.2) is 0 Å². The van der Waals surface area contributed by atoms with Crippen LogP contribution in [0.5, 0.6) is 5.75 Å². The van der Waals surface area contributed by atoms with E-state index in [0.717, 1.165) is 0 Å². The molecule has 0 unspecified atom stereocenters. The predicted octanol–water partition coefficient (Wildman–Crippen LogP) is 6.17.